The van der Waals surface area contributed by atoms with Crippen molar-refractivity contribution in [3.63, 3.8) is 0 Å². The first kappa shape index (κ1) is 12.0. The summed E-state index contributed by atoms with van der Waals surface area (Å²) in [7, 11) is 0. The van der Waals surface area contributed by atoms with Crippen molar-refractivity contribution in [2.75, 3.05) is 6.61 Å². The van der Waals surface area contributed by atoms with E-state index in [1.807, 2.05) is 0 Å². The Hall–Kier alpha value is -1.96. The third-order valence-corrected chi connectivity index (χ3v) is 1.24. The summed E-state index contributed by atoms with van der Waals surface area (Å²) >= 11 is 0. The Morgan fingerprint density at radius 1 is 1.71 bits per heavy atom. The molecule has 0 saturated heterocycles. The first-order chi connectivity index (χ1) is 6.61. The molecule has 5 heteroatoms. The Kier molecular flexibility index (Phi) is 5.63. The molecule has 0 saturated carbocycles. The number of aliphatic carboxylic acids is 1. The number of terminal acetylenes is 1. The molecular weight excluding hydrogens is 186 g/mol. The van der Waals surface area contributed by atoms with E-state index < -0.39 is 18.1 Å². The van der Waals surface area contributed by atoms with Gasteiger partial charge in [-0.2, -0.15) is 0 Å². The van der Waals surface area contributed by atoms with Gasteiger partial charge in [-0.3, -0.25) is 0 Å². The smallest absolute Gasteiger partial charge is 0.408 e. The predicted octanol–water partition coefficient (Wildman–Crippen LogP) is 0.375. The number of amides is 1. The van der Waals surface area contributed by atoms with Gasteiger partial charge in [-0.1, -0.05) is 12.7 Å². The van der Waals surface area contributed by atoms with E-state index in [1.54, 1.807) is 0 Å². The molecule has 1 atom stereocenters. The topological polar surface area (TPSA) is 75.6 Å². The molecule has 1 amide bonds. The molecule has 2 N–H and O–H groups in total. The van der Waals surface area contributed by atoms with Gasteiger partial charge < -0.3 is 15.2 Å². The van der Waals surface area contributed by atoms with E-state index in [9.17, 15) is 9.59 Å². The van der Waals surface area contributed by atoms with Crippen LogP contribution < -0.4 is 5.32 Å². The second-order valence-corrected chi connectivity index (χ2v) is 2.33. The van der Waals surface area contributed by atoms with Crippen LogP contribution in [0.15, 0.2) is 12.7 Å². The molecule has 5 nitrogen and oxygen atoms in total. The molecule has 0 aliphatic heterocycles. The first-order valence-corrected chi connectivity index (χ1v) is 3.82. The van der Waals surface area contributed by atoms with Gasteiger partial charge in [0.1, 0.15) is 12.6 Å². The molecule has 76 valence electrons. The van der Waals surface area contributed by atoms with Crippen LogP contribution in [0.5, 0.6) is 0 Å². The van der Waals surface area contributed by atoms with Crippen molar-refractivity contribution < 1.29 is 19.4 Å². The van der Waals surface area contributed by atoms with Crippen molar-refractivity contribution in [2.24, 2.45) is 0 Å². The van der Waals surface area contributed by atoms with Crippen molar-refractivity contribution >= 4 is 12.1 Å². The van der Waals surface area contributed by atoms with Crippen LogP contribution >= 0.6 is 0 Å². The SMILES string of the molecule is C#CCC(NC(=O)OCC=C)C(=O)O. The van der Waals surface area contributed by atoms with Crippen molar-refractivity contribution in [1.82, 2.24) is 5.32 Å². The van der Waals surface area contributed by atoms with Crippen LogP contribution in [-0.4, -0.2) is 29.8 Å². The summed E-state index contributed by atoms with van der Waals surface area (Å²) in [5.74, 6) is 0.943. The summed E-state index contributed by atoms with van der Waals surface area (Å²) in [6.45, 7) is 3.35. The number of hydrogen-bond donors (Lipinski definition) is 2. The van der Waals surface area contributed by atoms with E-state index in [-0.39, 0.29) is 13.0 Å². The zero-order chi connectivity index (χ0) is 11.0. The number of alkyl carbamates (subject to hydrolysis) is 1. The third-order valence-electron chi connectivity index (χ3n) is 1.24. The van der Waals surface area contributed by atoms with E-state index in [1.165, 1.54) is 6.08 Å². The lowest BCUT2D eigenvalue weighted by Crippen LogP contribution is -2.40. The highest BCUT2D eigenvalue weighted by Crippen LogP contribution is 1.92. The minimum atomic E-state index is -1.20. The maximum Gasteiger partial charge on any atom is 0.408 e. The van der Waals surface area contributed by atoms with Gasteiger partial charge in [-0.25, -0.2) is 9.59 Å². The van der Waals surface area contributed by atoms with Gasteiger partial charge in [0.2, 0.25) is 0 Å². The molecule has 0 aliphatic rings. The second kappa shape index (κ2) is 6.54. The molecular formula is C9H11NO4. The predicted molar refractivity (Wildman–Crippen MR) is 49.6 cm³/mol. The van der Waals surface area contributed by atoms with Crippen molar-refractivity contribution in [3.8, 4) is 12.3 Å². The lowest BCUT2D eigenvalue weighted by atomic mass is 10.2. The summed E-state index contributed by atoms with van der Waals surface area (Å²) in [6.07, 6.45) is 5.38. The van der Waals surface area contributed by atoms with Crippen molar-refractivity contribution in [1.29, 1.82) is 0 Å². The number of nitrogens with one attached hydrogen (secondary N) is 1. The van der Waals surface area contributed by atoms with E-state index >= 15 is 0 Å². The monoisotopic (exact) mass is 197 g/mol. The molecule has 0 fully saturated rings. The molecule has 0 aromatic heterocycles. The van der Waals surface area contributed by atoms with Crippen LogP contribution in [0.2, 0.25) is 0 Å². The summed E-state index contributed by atoms with van der Waals surface area (Å²) in [5.41, 5.74) is 0. The Morgan fingerprint density at radius 3 is 2.79 bits per heavy atom. The van der Waals surface area contributed by atoms with Gasteiger partial charge in [0.05, 0.1) is 0 Å². The van der Waals surface area contributed by atoms with Crippen LogP contribution in [0.3, 0.4) is 0 Å². The number of rotatable bonds is 5. The standard InChI is InChI=1S/C9H11NO4/c1-3-5-7(8(11)12)10-9(13)14-6-4-2/h1,4,7H,2,5-6H2,(H,10,13)(H,11,12). The average Bonchev–Trinajstić information content (AvgIpc) is 2.14. The lowest BCUT2D eigenvalue weighted by molar-refractivity contribution is -0.139. The number of carbonyl (C=O) groups excluding carboxylic acids is 1. The molecule has 0 heterocycles. The highest BCUT2D eigenvalue weighted by molar-refractivity contribution is 5.80. The number of ether oxygens (including phenoxy) is 1. The van der Waals surface area contributed by atoms with Gasteiger partial charge in [0.25, 0.3) is 0 Å². The minimum absolute atomic E-state index is 0.0220. The molecule has 0 aliphatic carbocycles. The normalized spacial score (nSPS) is 10.8. The summed E-state index contributed by atoms with van der Waals surface area (Å²) in [6, 6.07) is -1.11. The fourth-order valence-corrected chi connectivity index (χ4v) is 0.636. The molecule has 0 radical (unpaired) electrons. The number of carbonyl (C=O) groups is 2. The molecule has 0 aromatic carbocycles. The molecule has 0 aromatic rings. The highest BCUT2D eigenvalue weighted by Gasteiger charge is 2.18. The fraction of sp³-hybridized carbons (Fsp3) is 0.333. The molecule has 0 rings (SSSR count). The largest absolute Gasteiger partial charge is 0.480 e. The Morgan fingerprint density at radius 2 is 2.36 bits per heavy atom. The van der Waals surface area contributed by atoms with Crippen molar-refractivity contribution in [2.45, 2.75) is 12.5 Å². The third kappa shape index (κ3) is 4.83. The minimum Gasteiger partial charge on any atom is -0.480 e. The fourth-order valence-electron chi connectivity index (χ4n) is 0.636. The molecule has 0 spiro atoms. The van der Waals surface area contributed by atoms with Crippen LogP contribution in [0.1, 0.15) is 6.42 Å². The quantitative estimate of drug-likeness (QED) is 0.493. The number of carboxylic acids is 1. The maximum absolute atomic E-state index is 10.9. The zero-order valence-electron chi connectivity index (χ0n) is 7.53. The van der Waals surface area contributed by atoms with Gasteiger partial charge in [-0.05, 0) is 0 Å². The van der Waals surface area contributed by atoms with Crippen LogP contribution in [0, 0.1) is 12.3 Å². The average molecular weight is 197 g/mol. The maximum atomic E-state index is 10.9. The van der Waals surface area contributed by atoms with E-state index in [0.717, 1.165) is 0 Å². The van der Waals surface area contributed by atoms with Gasteiger partial charge in [-0.15, -0.1) is 12.3 Å². The van der Waals surface area contributed by atoms with E-state index in [2.05, 4.69) is 22.6 Å². The Balaban J connectivity index is 4.03. The molecule has 0 bridgehead atoms. The van der Waals surface area contributed by atoms with Gasteiger partial charge >= 0.3 is 12.1 Å². The van der Waals surface area contributed by atoms with Gasteiger partial charge in [0, 0.05) is 6.42 Å². The van der Waals surface area contributed by atoms with Crippen molar-refractivity contribution in [3.05, 3.63) is 12.7 Å². The lowest BCUT2D eigenvalue weighted by Gasteiger charge is -2.10. The van der Waals surface area contributed by atoms with E-state index in [4.69, 9.17) is 11.5 Å². The molecule has 1 unspecified atom stereocenters. The Labute approximate surface area is 81.7 Å². The van der Waals surface area contributed by atoms with Crippen LogP contribution in [0.25, 0.3) is 0 Å². The van der Waals surface area contributed by atoms with Crippen LogP contribution in [-0.2, 0) is 9.53 Å². The number of hydrogen-bond acceptors (Lipinski definition) is 3. The Bertz CT molecular complexity index is 266. The second-order valence-electron chi connectivity index (χ2n) is 2.33. The summed E-state index contributed by atoms with van der Waals surface area (Å²) < 4.78 is 4.52. The molecule has 14 heavy (non-hydrogen) atoms. The number of carboxylic acid groups (broad SMARTS) is 1. The van der Waals surface area contributed by atoms with Gasteiger partial charge in [0.15, 0.2) is 0 Å². The highest BCUT2D eigenvalue weighted by atomic mass is 16.5. The van der Waals surface area contributed by atoms with Crippen LogP contribution in [0.4, 0.5) is 4.79 Å². The van der Waals surface area contributed by atoms with E-state index in [0.29, 0.717) is 0 Å². The first-order valence-electron chi connectivity index (χ1n) is 3.82. The summed E-state index contributed by atoms with van der Waals surface area (Å²) in [5, 5.41) is 10.7. The zero-order valence-corrected chi connectivity index (χ0v) is 7.53. The summed E-state index contributed by atoms with van der Waals surface area (Å²) in [4.78, 5) is 21.4.